The summed E-state index contributed by atoms with van der Waals surface area (Å²) in [6.07, 6.45) is -0.691. The summed E-state index contributed by atoms with van der Waals surface area (Å²) in [5.74, 6) is -1.05. The van der Waals surface area contributed by atoms with Gasteiger partial charge in [-0.2, -0.15) is 13.2 Å². The maximum atomic E-state index is 14.0. The first kappa shape index (κ1) is 27.6. The van der Waals surface area contributed by atoms with Crippen molar-refractivity contribution in [3.8, 4) is 0 Å². The maximum Gasteiger partial charge on any atom is 0.416 e. The number of nitrogens with one attached hydrogen (secondary N) is 1. The highest BCUT2D eigenvalue weighted by Crippen LogP contribution is 2.35. The zero-order chi connectivity index (χ0) is 28.4. The summed E-state index contributed by atoms with van der Waals surface area (Å²) in [6, 6.07) is 11.0. The third kappa shape index (κ3) is 6.26. The summed E-state index contributed by atoms with van der Waals surface area (Å²) in [5.41, 5.74) is 8.28. The van der Waals surface area contributed by atoms with E-state index in [0.29, 0.717) is 37.3 Å². The topological polar surface area (TPSA) is 94.8 Å². The van der Waals surface area contributed by atoms with Crippen molar-refractivity contribution in [2.45, 2.75) is 25.7 Å². The highest BCUT2D eigenvalue weighted by atomic mass is 19.4. The predicted octanol–water partition coefficient (Wildman–Crippen LogP) is 3.76. The highest BCUT2D eigenvalue weighted by molar-refractivity contribution is 6.05. The number of nitrogens with zero attached hydrogens (tertiary/aromatic N) is 4. The van der Waals surface area contributed by atoms with Crippen LogP contribution in [-0.2, 0) is 25.7 Å². The molecule has 11 heteroatoms. The Labute approximate surface area is 230 Å². The van der Waals surface area contributed by atoms with Crippen LogP contribution in [-0.4, -0.2) is 66.4 Å². The summed E-state index contributed by atoms with van der Waals surface area (Å²) in [5, 5.41) is 2.64. The van der Waals surface area contributed by atoms with Crippen molar-refractivity contribution in [1.82, 2.24) is 14.8 Å². The average Bonchev–Trinajstić information content (AvgIpc) is 3.32. The fraction of sp³-hybridized carbons (Fsp3) is 0.345. The molecule has 3 N–H and O–H groups in total. The number of anilines is 2. The number of fused-ring (bicyclic) bond motifs is 1. The minimum absolute atomic E-state index is 0.0890. The molecule has 0 aliphatic carbocycles. The zero-order valence-electron chi connectivity index (χ0n) is 22.2. The standard InChI is InChI=1S/C29H31F3N6O2/c1-36-8-10-37(11-9-36)18-22-4-5-24(14-25(22)29(30,31)32)35-28(40)21-3-2-20-6-7-38(26(20)13-21)17-19-12-23(27(33)39)16-34-15-19/h2-5,12-16H,6-11,17-18H2,1H3,(H2,33,39)(H,35,40). The van der Waals surface area contributed by atoms with Crippen molar-refractivity contribution < 1.29 is 22.8 Å². The van der Waals surface area contributed by atoms with Crippen LogP contribution in [0.4, 0.5) is 24.5 Å². The Hall–Kier alpha value is -3.96. The Morgan fingerprint density at radius 2 is 1.73 bits per heavy atom. The molecule has 2 amide bonds. The van der Waals surface area contributed by atoms with E-state index in [-0.39, 0.29) is 17.8 Å². The fourth-order valence-corrected chi connectivity index (χ4v) is 5.19. The monoisotopic (exact) mass is 552 g/mol. The van der Waals surface area contributed by atoms with Gasteiger partial charge in [0.25, 0.3) is 5.91 Å². The van der Waals surface area contributed by atoms with Crippen LogP contribution >= 0.6 is 0 Å². The van der Waals surface area contributed by atoms with Crippen LogP contribution in [0.3, 0.4) is 0 Å². The average molecular weight is 553 g/mol. The first-order valence-corrected chi connectivity index (χ1v) is 13.1. The summed E-state index contributed by atoms with van der Waals surface area (Å²) < 4.78 is 41.9. The molecule has 2 aliphatic heterocycles. The first-order chi connectivity index (χ1) is 19.1. The number of hydrogen-bond donors (Lipinski definition) is 2. The molecule has 0 saturated carbocycles. The van der Waals surface area contributed by atoms with E-state index in [4.69, 9.17) is 5.73 Å². The van der Waals surface area contributed by atoms with Gasteiger partial charge in [0.2, 0.25) is 5.91 Å². The number of benzene rings is 2. The lowest BCUT2D eigenvalue weighted by molar-refractivity contribution is -0.138. The number of carbonyl (C=O) groups is 2. The minimum Gasteiger partial charge on any atom is -0.367 e. The number of rotatable bonds is 7. The molecule has 0 spiro atoms. The summed E-state index contributed by atoms with van der Waals surface area (Å²) >= 11 is 0. The minimum atomic E-state index is -4.54. The number of nitrogens with two attached hydrogens (primary N) is 1. The molecule has 0 bridgehead atoms. The van der Waals surface area contributed by atoms with Gasteiger partial charge in [-0.1, -0.05) is 12.1 Å². The Kier molecular flexibility index (Phi) is 7.77. The van der Waals surface area contributed by atoms with Gasteiger partial charge in [0.05, 0.1) is 11.1 Å². The predicted molar refractivity (Wildman–Crippen MR) is 146 cm³/mol. The van der Waals surface area contributed by atoms with Gasteiger partial charge >= 0.3 is 6.18 Å². The van der Waals surface area contributed by atoms with Crippen molar-refractivity contribution >= 4 is 23.2 Å². The number of likely N-dealkylation sites (N-methyl/N-ethyl adjacent to an activating group) is 1. The molecular formula is C29H31F3N6O2. The van der Waals surface area contributed by atoms with E-state index in [1.807, 2.05) is 18.0 Å². The van der Waals surface area contributed by atoms with Crippen molar-refractivity contribution in [3.63, 3.8) is 0 Å². The molecule has 1 saturated heterocycles. The molecule has 2 aromatic carbocycles. The number of alkyl halides is 3. The quantitative estimate of drug-likeness (QED) is 0.464. The second-order valence-corrected chi connectivity index (χ2v) is 10.4. The van der Waals surface area contributed by atoms with Gasteiger partial charge < -0.3 is 20.9 Å². The molecule has 0 radical (unpaired) electrons. The molecule has 40 heavy (non-hydrogen) atoms. The van der Waals surface area contributed by atoms with Crippen LogP contribution < -0.4 is 16.0 Å². The molecule has 2 aliphatic rings. The van der Waals surface area contributed by atoms with Gasteiger partial charge in [0, 0.05) is 75.1 Å². The molecule has 210 valence electrons. The number of primary amides is 1. The van der Waals surface area contributed by atoms with Crippen molar-refractivity contribution in [2.24, 2.45) is 5.73 Å². The van der Waals surface area contributed by atoms with E-state index in [2.05, 4.69) is 20.1 Å². The van der Waals surface area contributed by atoms with Gasteiger partial charge in [0.1, 0.15) is 0 Å². The Bertz CT molecular complexity index is 1420. The van der Waals surface area contributed by atoms with Crippen molar-refractivity contribution in [3.05, 3.63) is 88.2 Å². The lowest BCUT2D eigenvalue weighted by atomic mass is 10.0. The molecule has 0 unspecified atom stereocenters. The second kappa shape index (κ2) is 11.3. The van der Waals surface area contributed by atoms with Crippen LogP contribution in [0.1, 0.15) is 43.0 Å². The smallest absolute Gasteiger partial charge is 0.367 e. The van der Waals surface area contributed by atoms with E-state index in [0.717, 1.165) is 42.4 Å². The lowest BCUT2D eigenvalue weighted by Gasteiger charge is -2.33. The number of carbonyl (C=O) groups excluding carboxylic acids is 2. The number of hydrogen-bond acceptors (Lipinski definition) is 6. The number of aromatic nitrogens is 1. The van der Waals surface area contributed by atoms with Gasteiger partial charge in [0.15, 0.2) is 0 Å². The molecule has 8 nitrogen and oxygen atoms in total. The van der Waals surface area contributed by atoms with E-state index in [9.17, 15) is 22.8 Å². The third-order valence-corrected chi connectivity index (χ3v) is 7.46. The second-order valence-electron chi connectivity index (χ2n) is 10.4. The normalized spacial score (nSPS) is 16.1. The van der Waals surface area contributed by atoms with Crippen LogP contribution in [0.5, 0.6) is 0 Å². The Balaban J connectivity index is 1.31. The summed E-state index contributed by atoms with van der Waals surface area (Å²) in [7, 11) is 2.00. The van der Waals surface area contributed by atoms with Crippen LogP contribution in [0.15, 0.2) is 54.9 Å². The van der Waals surface area contributed by atoms with Gasteiger partial charge in [-0.15, -0.1) is 0 Å². The van der Waals surface area contributed by atoms with Gasteiger partial charge in [-0.3, -0.25) is 19.5 Å². The molecule has 0 atom stereocenters. The van der Waals surface area contributed by atoms with Crippen LogP contribution in [0.25, 0.3) is 0 Å². The lowest BCUT2D eigenvalue weighted by Crippen LogP contribution is -2.44. The van der Waals surface area contributed by atoms with E-state index >= 15 is 0 Å². The molecule has 5 rings (SSSR count). The van der Waals surface area contributed by atoms with E-state index in [1.54, 1.807) is 24.4 Å². The number of pyridine rings is 1. The summed E-state index contributed by atoms with van der Waals surface area (Å²) in [6.45, 7) is 4.41. The largest absolute Gasteiger partial charge is 0.416 e. The first-order valence-electron chi connectivity index (χ1n) is 13.1. The zero-order valence-corrected chi connectivity index (χ0v) is 22.2. The van der Waals surface area contributed by atoms with Crippen LogP contribution in [0, 0.1) is 0 Å². The van der Waals surface area contributed by atoms with E-state index in [1.165, 1.54) is 18.3 Å². The van der Waals surface area contributed by atoms with Crippen LogP contribution in [0.2, 0.25) is 0 Å². The number of amides is 2. The van der Waals surface area contributed by atoms with E-state index < -0.39 is 23.6 Å². The Morgan fingerprint density at radius 1 is 0.950 bits per heavy atom. The van der Waals surface area contributed by atoms with Crippen molar-refractivity contribution in [2.75, 3.05) is 50.0 Å². The van der Waals surface area contributed by atoms with Crippen molar-refractivity contribution in [1.29, 1.82) is 0 Å². The highest BCUT2D eigenvalue weighted by Gasteiger charge is 2.34. The Morgan fingerprint density at radius 3 is 2.45 bits per heavy atom. The molecular weight excluding hydrogens is 521 g/mol. The number of piperazine rings is 1. The fourth-order valence-electron chi connectivity index (χ4n) is 5.19. The van der Waals surface area contributed by atoms with Gasteiger partial charge in [-0.25, -0.2) is 0 Å². The number of halogens is 3. The third-order valence-electron chi connectivity index (χ3n) is 7.46. The SMILES string of the molecule is CN1CCN(Cc2ccc(NC(=O)c3ccc4c(c3)N(Cc3cncc(C(N)=O)c3)CC4)cc2C(F)(F)F)CC1. The molecule has 3 heterocycles. The summed E-state index contributed by atoms with van der Waals surface area (Å²) in [4.78, 5) is 34.9. The molecule has 1 aromatic heterocycles. The molecule has 1 fully saturated rings. The van der Waals surface area contributed by atoms with Gasteiger partial charge in [-0.05, 0) is 60.5 Å². The maximum absolute atomic E-state index is 14.0. The molecule has 3 aromatic rings.